The van der Waals surface area contributed by atoms with Gasteiger partial charge in [-0.05, 0) is 42.0 Å². The second-order valence-corrected chi connectivity index (χ2v) is 8.55. The van der Waals surface area contributed by atoms with Gasteiger partial charge in [0.25, 0.3) is 5.91 Å². The molecule has 0 aliphatic carbocycles. The first-order chi connectivity index (χ1) is 17.6. The minimum absolute atomic E-state index is 0.234. The van der Waals surface area contributed by atoms with Crippen LogP contribution in [-0.4, -0.2) is 37.8 Å². The molecule has 0 spiro atoms. The van der Waals surface area contributed by atoms with Crippen LogP contribution in [0.1, 0.15) is 21.6 Å². The van der Waals surface area contributed by atoms with E-state index in [1.54, 1.807) is 34.8 Å². The van der Waals surface area contributed by atoms with Gasteiger partial charge in [-0.15, -0.1) is 5.10 Å². The normalized spacial score (nSPS) is 10.8. The van der Waals surface area contributed by atoms with Gasteiger partial charge in [-0.3, -0.25) is 4.79 Å². The number of carbonyl (C=O) groups is 1. The van der Waals surface area contributed by atoms with Gasteiger partial charge in [0, 0.05) is 16.8 Å². The van der Waals surface area contributed by atoms with Gasteiger partial charge in [0.1, 0.15) is 17.1 Å². The number of rotatable bonds is 8. The predicted molar refractivity (Wildman–Crippen MR) is 137 cm³/mol. The Kier molecular flexibility index (Phi) is 6.77. The summed E-state index contributed by atoms with van der Waals surface area (Å²) in [5.41, 5.74) is 4.39. The lowest BCUT2D eigenvalue weighted by Crippen LogP contribution is -2.23. The third kappa shape index (κ3) is 5.29. The summed E-state index contributed by atoms with van der Waals surface area (Å²) >= 11 is 6.06. The lowest BCUT2D eigenvalue weighted by atomic mass is 10.1. The van der Waals surface area contributed by atoms with E-state index in [0.29, 0.717) is 28.5 Å². The molecule has 2 heterocycles. The Bertz CT molecular complexity index is 1460. The van der Waals surface area contributed by atoms with Gasteiger partial charge in [0.2, 0.25) is 0 Å². The quantitative estimate of drug-likeness (QED) is 0.333. The zero-order valence-corrected chi connectivity index (χ0v) is 20.3. The first-order valence-corrected chi connectivity index (χ1v) is 11.7. The molecule has 1 N–H and O–H groups in total. The van der Waals surface area contributed by atoms with Crippen molar-refractivity contribution in [2.75, 3.05) is 7.11 Å². The number of hydrogen-bond donors (Lipinski definition) is 1. The minimum Gasteiger partial charge on any atom is -0.497 e. The fourth-order valence-corrected chi connectivity index (χ4v) is 3.88. The highest BCUT2D eigenvalue weighted by Gasteiger charge is 2.19. The van der Waals surface area contributed by atoms with Crippen LogP contribution in [-0.2, 0) is 13.1 Å². The molecular formula is C27H23ClN6O2. The van der Waals surface area contributed by atoms with Gasteiger partial charge < -0.3 is 10.1 Å². The molecule has 9 heteroatoms. The van der Waals surface area contributed by atoms with Crippen molar-refractivity contribution in [1.82, 2.24) is 30.1 Å². The molecule has 0 saturated carbocycles. The maximum absolute atomic E-state index is 13.2. The molecular weight excluding hydrogens is 476 g/mol. The van der Waals surface area contributed by atoms with Crippen molar-refractivity contribution in [3.63, 3.8) is 0 Å². The summed E-state index contributed by atoms with van der Waals surface area (Å²) in [7, 11) is 1.64. The Morgan fingerprint density at radius 1 is 0.972 bits per heavy atom. The van der Waals surface area contributed by atoms with Crippen molar-refractivity contribution in [2.45, 2.75) is 13.1 Å². The monoisotopic (exact) mass is 498 g/mol. The van der Waals surface area contributed by atoms with Gasteiger partial charge in [0.05, 0.1) is 37.6 Å². The van der Waals surface area contributed by atoms with E-state index in [9.17, 15) is 4.79 Å². The number of para-hydroxylation sites is 1. The molecule has 0 aliphatic heterocycles. The number of benzene rings is 3. The number of nitrogens with zero attached hydrogens (tertiary/aromatic N) is 5. The SMILES string of the molecule is COc1ccc(Cn2cc(CNC(=O)c3cn(-c4ccccc4)nc3-c3ccc(Cl)cc3)nn2)cc1. The molecule has 0 fully saturated rings. The number of nitrogens with one attached hydrogen (secondary N) is 1. The summed E-state index contributed by atoms with van der Waals surface area (Å²) in [4.78, 5) is 13.2. The number of methoxy groups -OCH3 is 1. The molecule has 0 atom stereocenters. The largest absolute Gasteiger partial charge is 0.497 e. The second kappa shape index (κ2) is 10.5. The fourth-order valence-electron chi connectivity index (χ4n) is 3.75. The zero-order valence-electron chi connectivity index (χ0n) is 19.5. The predicted octanol–water partition coefficient (Wildman–Crippen LogP) is 4.77. The Morgan fingerprint density at radius 3 is 2.44 bits per heavy atom. The number of carbonyl (C=O) groups excluding carboxylic acids is 1. The number of halogens is 1. The van der Waals surface area contributed by atoms with E-state index >= 15 is 0 Å². The topological polar surface area (TPSA) is 86.9 Å². The van der Waals surface area contributed by atoms with Crippen LogP contribution in [0.5, 0.6) is 5.75 Å². The third-order valence-electron chi connectivity index (χ3n) is 5.62. The second-order valence-electron chi connectivity index (χ2n) is 8.12. The lowest BCUT2D eigenvalue weighted by molar-refractivity contribution is 0.0951. The van der Waals surface area contributed by atoms with E-state index in [-0.39, 0.29) is 12.5 Å². The van der Waals surface area contributed by atoms with Crippen LogP contribution >= 0.6 is 11.6 Å². The van der Waals surface area contributed by atoms with Gasteiger partial charge in [0.15, 0.2) is 0 Å². The van der Waals surface area contributed by atoms with Crippen molar-refractivity contribution in [3.8, 4) is 22.7 Å². The summed E-state index contributed by atoms with van der Waals surface area (Å²) in [6.07, 6.45) is 3.55. The molecule has 0 saturated heterocycles. The van der Waals surface area contributed by atoms with Crippen LogP contribution in [0.15, 0.2) is 91.3 Å². The lowest BCUT2D eigenvalue weighted by Gasteiger charge is -2.04. The third-order valence-corrected chi connectivity index (χ3v) is 5.87. The average Bonchev–Trinajstić information content (AvgIpc) is 3.56. The van der Waals surface area contributed by atoms with E-state index in [2.05, 4.69) is 15.6 Å². The smallest absolute Gasteiger partial charge is 0.255 e. The number of aromatic nitrogens is 5. The van der Waals surface area contributed by atoms with Crippen LogP contribution in [0.25, 0.3) is 16.9 Å². The number of hydrogen-bond acceptors (Lipinski definition) is 5. The molecule has 5 aromatic rings. The van der Waals surface area contributed by atoms with Gasteiger partial charge in [-0.2, -0.15) is 5.10 Å². The maximum atomic E-state index is 13.2. The van der Waals surface area contributed by atoms with E-state index in [0.717, 1.165) is 22.6 Å². The van der Waals surface area contributed by atoms with E-state index < -0.39 is 0 Å². The first-order valence-electron chi connectivity index (χ1n) is 11.3. The van der Waals surface area contributed by atoms with Gasteiger partial charge in [-0.1, -0.05) is 59.3 Å². The molecule has 0 bridgehead atoms. The molecule has 180 valence electrons. The Labute approximate surface area is 213 Å². The Hall–Kier alpha value is -4.43. The van der Waals surface area contributed by atoms with Gasteiger partial charge >= 0.3 is 0 Å². The average molecular weight is 499 g/mol. The molecule has 36 heavy (non-hydrogen) atoms. The fraction of sp³-hybridized carbons (Fsp3) is 0.111. The molecule has 5 rings (SSSR count). The standard InChI is InChI=1S/C27H23ClN6O2/c1-36-24-13-7-19(8-14-24)16-33-17-22(30-32-33)15-29-27(35)25-18-34(23-5-3-2-4-6-23)31-26(25)20-9-11-21(28)12-10-20/h2-14,17-18H,15-16H2,1H3,(H,29,35). The molecule has 0 radical (unpaired) electrons. The molecule has 0 unspecified atom stereocenters. The number of ether oxygens (including phenoxy) is 1. The summed E-state index contributed by atoms with van der Waals surface area (Å²) in [5, 5.41) is 16.6. The first kappa shape index (κ1) is 23.3. The van der Waals surface area contributed by atoms with E-state index in [1.807, 2.05) is 72.9 Å². The highest BCUT2D eigenvalue weighted by molar-refractivity contribution is 6.30. The van der Waals surface area contributed by atoms with E-state index in [4.69, 9.17) is 21.4 Å². The van der Waals surface area contributed by atoms with Crippen molar-refractivity contribution < 1.29 is 9.53 Å². The van der Waals surface area contributed by atoms with Crippen molar-refractivity contribution in [3.05, 3.63) is 113 Å². The Morgan fingerprint density at radius 2 is 1.72 bits per heavy atom. The minimum atomic E-state index is -0.258. The molecule has 1 amide bonds. The van der Waals surface area contributed by atoms with E-state index in [1.165, 1.54) is 0 Å². The highest BCUT2D eigenvalue weighted by Crippen LogP contribution is 2.25. The van der Waals surface area contributed by atoms with Crippen LogP contribution in [0.2, 0.25) is 5.02 Å². The van der Waals surface area contributed by atoms with Crippen LogP contribution in [0.3, 0.4) is 0 Å². The summed E-state index contributed by atoms with van der Waals surface area (Å²) < 4.78 is 8.63. The van der Waals surface area contributed by atoms with Crippen molar-refractivity contribution in [2.24, 2.45) is 0 Å². The molecule has 3 aromatic carbocycles. The van der Waals surface area contributed by atoms with Gasteiger partial charge in [-0.25, -0.2) is 9.36 Å². The van der Waals surface area contributed by atoms with Crippen LogP contribution < -0.4 is 10.1 Å². The Balaban J connectivity index is 1.32. The molecule has 2 aromatic heterocycles. The summed E-state index contributed by atoms with van der Waals surface area (Å²) in [6, 6.07) is 24.7. The van der Waals surface area contributed by atoms with Crippen molar-refractivity contribution in [1.29, 1.82) is 0 Å². The summed E-state index contributed by atoms with van der Waals surface area (Å²) in [5.74, 6) is 0.543. The van der Waals surface area contributed by atoms with Crippen LogP contribution in [0, 0.1) is 0 Å². The highest BCUT2D eigenvalue weighted by atomic mass is 35.5. The zero-order chi connectivity index (χ0) is 24.9. The van der Waals surface area contributed by atoms with Crippen molar-refractivity contribution >= 4 is 17.5 Å². The summed E-state index contributed by atoms with van der Waals surface area (Å²) in [6.45, 7) is 0.799. The number of amides is 1. The molecule has 0 aliphatic rings. The maximum Gasteiger partial charge on any atom is 0.255 e. The van der Waals surface area contributed by atoms with Crippen LogP contribution in [0.4, 0.5) is 0 Å². The molecule has 8 nitrogen and oxygen atoms in total.